The fourth-order valence-corrected chi connectivity index (χ4v) is 5.53. The molecule has 2 rings (SSSR count). The molecule has 0 aliphatic rings. The Balaban J connectivity index is 2.70. The molecule has 15 heteroatoms. The molecule has 8 nitrogen and oxygen atoms in total. The maximum atomic E-state index is 12.6. The predicted molar refractivity (Wildman–Crippen MR) is 89.6 cm³/mol. The Labute approximate surface area is 161 Å². The lowest BCUT2D eigenvalue weighted by atomic mass is 10.3. The van der Waals surface area contributed by atoms with E-state index in [0.29, 0.717) is 35.8 Å². The highest BCUT2D eigenvalue weighted by Crippen LogP contribution is 2.34. The summed E-state index contributed by atoms with van der Waals surface area (Å²) in [5.74, 6) is -1.16. The Kier molecular flexibility index (Phi) is 5.56. The van der Waals surface area contributed by atoms with Crippen LogP contribution in [0.25, 0.3) is 0 Å². The standard InChI is InChI=1S/C13H8F3NO7S4/c1-26(18,19)10-4-8(24-28(22,23)13(14,15)16)5-11(6-10)27(20,21)12-3-2-9(7-17)25-12/h2-6H,1H3. The summed E-state index contributed by atoms with van der Waals surface area (Å²) in [6.45, 7) is 0. The van der Waals surface area contributed by atoms with Crippen LogP contribution >= 0.6 is 11.3 Å². The molecule has 0 bridgehead atoms. The number of alkyl halides is 3. The molecule has 152 valence electrons. The van der Waals surface area contributed by atoms with E-state index in [2.05, 4.69) is 4.18 Å². The maximum Gasteiger partial charge on any atom is 0.534 e. The molecular formula is C13H8F3NO7S4. The Bertz CT molecular complexity index is 1280. The SMILES string of the molecule is CS(=O)(=O)c1cc(OS(=O)(=O)C(F)(F)F)cc(S(=O)(=O)c2ccc(C#N)s2)c1. The monoisotopic (exact) mass is 475 g/mol. The minimum absolute atomic E-state index is 0.00830. The quantitative estimate of drug-likeness (QED) is 0.474. The van der Waals surface area contributed by atoms with E-state index >= 15 is 0 Å². The van der Waals surface area contributed by atoms with Crippen LogP contribution < -0.4 is 4.18 Å². The minimum atomic E-state index is -6.17. The van der Waals surface area contributed by atoms with Crippen molar-refractivity contribution < 1.29 is 42.6 Å². The second kappa shape index (κ2) is 7.03. The van der Waals surface area contributed by atoms with Crippen molar-refractivity contribution in [3.8, 4) is 11.8 Å². The Morgan fingerprint density at radius 1 is 1.00 bits per heavy atom. The molecule has 0 radical (unpaired) electrons. The van der Waals surface area contributed by atoms with Gasteiger partial charge in [-0.25, -0.2) is 16.8 Å². The van der Waals surface area contributed by atoms with Gasteiger partial charge in [0.15, 0.2) is 9.84 Å². The van der Waals surface area contributed by atoms with E-state index in [9.17, 15) is 38.4 Å². The van der Waals surface area contributed by atoms with Crippen LogP contribution in [-0.2, 0) is 29.8 Å². The van der Waals surface area contributed by atoms with Crippen LogP contribution in [0.15, 0.2) is 44.3 Å². The van der Waals surface area contributed by atoms with E-state index in [1.165, 1.54) is 6.07 Å². The molecule has 0 spiro atoms. The summed E-state index contributed by atoms with van der Waals surface area (Å²) in [4.78, 5) is -1.60. The molecule has 1 aromatic carbocycles. The van der Waals surface area contributed by atoms with Crippen molar-refractivity contribution in [2.24, 2.45) is 0 Å². The molecular weight excluding hydrogens is 467 g/mol. The van der Waals surface area contributed by atoms with Gasteiger partial charge < -0.3 is 4.18 Å². The molecule has 0 aliphatic carbocycles. The number of benzene rings is 1. The Morgan fingerprint density at radius 3 is 2.04 bits per heavy atom. The van der Waals surface area contributed by atoms with Crippen molar-refractivity contribution in [3.05, 3.63) is 35.2 Å². The first-order valence-electron chi connectivity index (χ1n) is 6.69. The smallest absolute Gasteiger partial charge is 0.376 e. The third kappa shape index (κ3) is 4.46. The number of halogens is 3. The van der Waals surface area contributed by atoms with Crippen molar-refractivity contribution in [3.63, 3.8) is 0 Å². The fraction of sp³-hybridized carbons (Fsp3) is 0.154. The highest BCUT2D eigenvalue weighted by Gasteiger charge is 2.48. The highest BCUT2D eigenvalue weighted by molar-refractivity contribution is 7.93. The van der Waals surface area contributed by atoms with Crippen LogP contribution in [0.3, 0.4) is 0 Å². The van der Waals surface area contributed by atoms with Crippen molar-refractivity contribution >= 4 is 41.1 Å². The van der Waals surface area contributed by atoms with E-state index in [1.54, 1.807) is 6.07 Å². The summed E-state index contributed by atoms with van der Waals surface area (Å²) >= 11 is 0.534. The summed E-state index contributed by atoms with van der Waals surface area (Å²) in [5, 5.41) is 8.78. The summed E-state index contributed by atoms with van der Waals surface area (Å²) in [6.07, 6.45) is 0.639. The second-order valence-corrected chi connectivity index (χ2v) is 11.9. The largest absolute Gasteiger partial charge is 0.534 e. The maximum absolute atomic E-state index is 12.6. The van der Waals surface area contributed by atoms with Gasteiger partial charge in [-0.05, 0) is 18.2 Å². The average Bonchev–Trinajstić information content (AvgIpc) is 3.02. The summed E-state index contributed by atoms with van der Waals surface area (Å²) in [7, 11) is -14.8. The highest BCUT2D eigenvalue weighted by atomic mass is 32.2. The lowest BCUT2D eigenvalue weighted by Gasteiger charge is -2.12. The Hall–Kier alpha value is -2.15. The molecule has 0 amide bonds. The van der Waals surface area contributed by atoms with Gasteiger partial charge in [0.25, 0.3) is 0 Å². The van der Waals surface area contributed by atoms with Gasteiger partial charge in [-0.15, -0.1) is 11.3 Å². The van der Waals surface area contributed by atoms with Gasteiger partial charge in [0, 0.05) is 18.4 Å². The van der Waals surface area contributed by atoms with Gasteiger partial charge in [0.2, 0.25) is 9.84 Å². The first-order valence-corrected chi connectivity index (χ1v) is 12.3. The van der Waals surface area contributed by atoms with Gasteiger partial charge >= 0.3 is 15.6 Å². The van der Waals surface area contributed by atoms with Gasteiger partial charge in [0.05, 0.1) is 9.79 Å². The predicted octanol–water partition coefficient (Wildman–Crippen LogP) is 2.08. The number of hydrogen-bond acceptors (Lipinski definition) is 9. The number of rotatable bonds is 5. The van der Waals surface area contributed by atoms with Gasteiger partial charge in [-0.1, -0.05) is 0 Å². The molecule has 0 N–H and O–H groups in total. The number of nitrogens with zero attached hydrogens (tertiary/aromatic N) is 1. The molecule has 0 atom stereocenters. The van der Waals surface area contributed by atoms with Gasteiger partial charge in [-0.3, -0.25) is 0 Å². The second-order valence-electron chi connectivity index (χ2n) is 5.13. The van der Waals surface area contributed by atoms with Crippen LogP contribution in [0.5, 0.6) is 5.75 Å². The van der Waals surface area contributed by atoms with Crippen LogP contribution in [0, 0.1) is 11.3 Å². The number of hydrogen-bond donors (Lipinski definition) is 0. The van der Waals surface area contributed by atoms with E-state index < -0.39 is 55.1 Å². The molecule has 28 heavy (non-hydrogen) atoms. The van der Waals surface area contributed by atoms with E-state index in [4.69, 9.17) is 5.26 Å². The van der Waals surface area contributed by atoms with E-state index in [-0.39, 0.29) is 4.88 Å². The molecule has 1 aromatic heterocycles. The zero-order valence-corrected chi connectivity index (χ0v) is 16.7. The summed E-state index contributed by atoms with van der Waals surface area (Å²) < 4.78 is 112. The first-order chi connectivity index (χ1) is 12.6. The first kappa shape index (κ1) is 22.1. The van der Waals surface area contributed by atoms with E-state index in [1.807, 2.05) is 0 Å². The molecule has 0 aliphatic heterocycles. The number of thiophene rings is 1. The van der Waals surface area contributed by atoms with Crippen LogP contribution in [0.1, 0.15) is 4.88 Å². The summed E-state index contributed by atoms with van der Waals surface area (Å²) in [5.41, 5.74) is -5.82. The third-order valence-corrected chi connectivity index (χ3v) is 8.32. The van der Waals surface area contributed by atoms with Crippen molar-refractivity contribution in [1.29, 1.82) is 5.26 Å². The van der Waals surface area contributed by atoms with Crippen molar-refractivity contribution in [2.45, 2.75) is 19.5 Å². The lowest BCUT2D eigenvalue weighted by molar-refractivity contribution is -0.0500. The zero-order chi connectivity index (χ0) is 21.5. The third-order valence-electron chi connectivity index (χ3n) is 3.04. The molecule has 2 aromatic rings. The van der Waals surface area contributed by atoms with Crippen LogP contribution in [0.2, 0.25) is 0 Å². The molecule has 0 fully saturated rings. The lowest BCUT2D eigenvalue weighted by Crippen LogP contribution is -2.28. The zero-order valence-electron chi connectivity index (χ0n) is 13.5. The molecule has 0 unspecified atom stereocenters. The number of nitriles is 1. The van der Waals surface area contributed by atoms with Gasteiger partial charge in [-0.2, -0.15) is 26.9 Å². The summed E-state index contributed by atoms with van der Waals surface area (Å²) in [6, 6.07) is 5.44. The normalized spacial score (nSPS) is 13.1. The van der Waals surface area contributed by atoms with Gasteiger partial charge in [0.1, 0.15) is 20.9 Å². The number of sulfone groups is 2. The fourth-order valence-electron chi connectivity index (χ4n) is 1.78. The Morgan fingerprint density at radius 2 is 1.57 bits per heavy atom. The van der Waals surface area contributed by atoms with Crippen LogP contribution in [0.4, 0.5) is 13.2 Å². The average molecular weight is 475 g/mol. The molecule has 0 saturated carbocycles. The van der Waals surface area contributed by atoms with Crippen molar-refractivity contribution in [2.75, 3.05) is 6.26 Å². The van der Waals surface area contributed by atoms with Crippen LogP contribution in [-0.4, -0.2) is 37.0 Å². The molecule has 0 saturated heterocycles. The minimum Gasteiger partial charge on any atom is -0.376 e. The van der Waals surface area contributed by atoms with Crippen molar-refractivity contribution in [1.82, 2.24) is 0 Å². The molecule has 1 heterocycles. The van der Waals surface area contributed by atoms with E-state index in [0.717, 1.165) is 6.07 Å². The topological polar surface area (TPSA) is 135 Å².